The number of likely N-dealkylation sites (N-methyl/N-ethyl adjacent to an activating group) is 1. The Hall–Kier alpha value is -1.69. The molecule has 146 valence electrons. The highest BCUT2D eigenvalue weighted by molar-refractivity contribution is 7.14. The van der Waals surface area contributed by atoms with Crippen LogP contribution in [0.25, 0.3) is 0 Å². The number of nitrogens with zero attached hydrogens (tertiary/aromatic N) is 1. The van der Waals surface area contributed by atoms with E-state index in [0.29, 0.717) is 11.6 Å². The van der Waals surface area contributed by atoms with Gasteiger partial charge in [-0.1, -0.05) is 43.6 Å². The first-order valence-electron chi connectivity index (χ1n) is 9.31. The highest BCUT2D eigenvalue weighted by Gasteiger charge is 2.21. The Morgan fingerprint density at radius 3 is 2.41 bits per heavy atom. The fourth-order valence-electron chi connectivity index (χ4n) is 3.08. The number of aryl methyl sites for hydroxylation is 1. The lowest BCUT2D eigenvalue weighted by Crippen LogP contribution is -2.38. The summed E-state index contributed by atoms with van der Waals surface area (Å²) in [6.45, 7) is 8.34. The van der Waals surface area contributed by atoms with E-state index in [1.54, 1.807) is 0 Å². The lowest BCUT2D eigenvalue weighted by atomic mass is 10.0. The normalized spacial score (nSPS) is 12.2. The number of amides is 1. The molecular formula is C21H27ClN2O2S. The monoisotopic (exact) mass is 406 g/mol. The number of rotatable bonds is 10. The second kappa shape index (κ2) is 10.6. The Kier molecular flexibility index (Phi) is 8.48. The Labute approximate surface area is 170 Å². The van der Waals surface area contributed by atoms with Crippen LogP contribution in [0.4, 0.5) is 0 Å². The van der Waals surface area contributed by atoms with E-state index >= 15 is 0 Å². The zero-order chi connectivity index (χ0) is 19.8. The van der Waals surface area contributed by atoms with E-state index in [1.807, 2.05) is 43.3 Å². The minimum atomic E-state index is -0.110. The van der Waals surface area contributed by atoms with Crippen molar-refractivity contribution in [3.63, 3.8) is 0 Å². The fourth-order valence-corrected chi connectivity index (χ4v) is 4.18. The summed E-state index contributed by atoms with van der Waals surface area (Å²) < 4.78 is 0. The average molecular weight is 407 g/mol. The molecular weight excluding hydrogens is 380 g/mol. The molecule has 1 unspecified atom stereocenters. The van der Waals surface area contributed by atoms with Crippen molar-refractivity contribution in [2.45, 2.75) is 39.7 Å². The first-order valence-corrected chi connectivity index (χ1v) is 10.5. The molecule has 0 aliphatic carbocycles. The maximum absolute atomic E-state index is 12.3. The van der Waals surface area contributed by atoms with E-state index in [2.05, 4.69) is 24.1 Å². The Balaban J connectivity index is 1.94. The van der Waals surface area contributed by atoms with Gasteiger partial charge in [-0.3, -0.25) is 14.5 Å². The van der Waals surface area contributed by atoms with Gasteiger partial charge in [0.05, 0.1) is 10.9 Å². The number of nitrogens with one attached hydrogen (secondary N) is 1. The summed E-state index contributed by atoms with van der Waals surface area (Å²) in [4.78, 5) is 28.6. The van der Waals surface area contributed by atoms with Crippen molar-refractivity contribution in [2.75, 3.05) is 19.6 Å². The van der Waals surface area contributed by atoms with Crippen molar-refractivity contribution in [3.8, 4) is 0 Å². The van der Waals surface area contributed by atoms with Gasteiger partial charge in [0.1, 0.15) is 0 Å². The van der Waals surface area contributed by atoms with Crippen LogP contribution in [0, 0.1) is 6.92 Å². The SMILES string of the molecule is CCN(CC)C(CNC(=O)CCC(=O)c1ccc(C)s1)c1ccccc1Cl. The van der Waals surface area contributed by atoms with E-state index in [0.717, 1.165) is 28.4 Å². The van der Waals surface area contributed by atoms with Gasteiger partial charge in [-0.2, -0.15) is 0 Å². The van der Waals surface area contributed by atoms with Gasteiger partial charge in [0.15, 0.2) is 5.78 Å². The van der Waals surface area contributed by atoms with E-state index < -0.39 is 0 Å². The number of carbonyl (C=O) groups excluding carboxylic acids is 2. The number of hydrogen-bond acceptors (Lipinski definition) is 4. The van der Waals surface area contributed by atoms with Gasteiger partial charge in [-0.15, -0.1) is 11.3 Å². The lowest BCUT2D eigenvalue weighted by molar-refractivity contribution is -0.121. The number of ketones is 1. The number of carbonyl (C=O) groups is 2. The van der Waals surface area contributed by atoms with Gasteiger partial charge >= 0.3 is 0 Å². The second-order valence-corrected chi connectivity index (χ2v) is 8.09. The molecule has 0 aliphatic heterocycles. The van der Waals surface area contributed by atoms with E-state index in [-0.39, 0.29) is 30.6 Å². The quantitative estimate of drug-likeness (QED) is 0.572. The molecule has 0 fully saturated rings. The number of thiophene rings is 1. The third kappa shape index (κ3) is 6.16. The molecule has 1 amide bonds. The Morgan fingerprint density at radius 1 is 1.11 bits per heavy atom. The van der Waals surface area contributed by atoms with Crippen molar-refractivity contribution in [2.24, 2.45) is 0 Å². The first-order chi connectivity index (χ1) is 13.0. The summed E-state index contributed by atoms with van der Waals surface area (Å²) in [5, 5.41) is 3.68. The van der Waals surface area contributed by atoms with E-state index in [9.17, 15) is 9.59 Å². The Morgan fingerprint density at radius 2 is 1.81 bits per heavy atom. The van der Waals surface area contributed by atoms with Gasteiger partial charge < -0.3 is 5.32 Å². The zero-order valence-electron chi connectivity index (χ0n) is 16.1. The maximum atomic E-state index is 12.3. The first kappa shape index (κ1) is 21.6. The van der Waals surface area contributed by atoms with E-state index in [4.69, 9.17) is 11.6 Å². The van der Waals surface area contributed by atoms with Gasteiger partial charge in [0.25, 0.3) is 0 Å². The van der Waals surface area contributed by atoms with Crippen LogP contribution in [-0.2, 0) is 4.79 Å². The van der Waals surface area contributed by atoms with E-state index in [1.165, 1.54) is 11.3 Å². The van der Waals surface area contributed by atoms with Crippen molar-refractivity contribution >= 4 is 34.6 Å². The van der Waals surface area contributed by atoms with Crippen molar-refractivity contribution in [1.82, 2.24) is 10.2 Å². The third-order valence-corrected chi connectivity index (χ3v) is 5.99. The number of halogens is 1. The molecule has 0 saturated heterocycles. The molecule has 0 radical (unpaired) electrons. The van der Waals surface area contributed by atoms with Gasteiger partial charge in [0.2, 0.25) is 5.91 Å². The van der Waals surface area contributed by atoms with Crippen LogP contribution in [0.5, 0.6) is 0 Å². The predicted molar refractivity (Wildman–Crippen MR) is 113 cm³/mol. The molecule has 0 saturated carbocycles. The minimum absolute atomic E-state index is 0.00768. The van der Waals surface area contributed by atoms with Crippen LogP contribution in [0.2, 0.25) is 5.02 Å². The fraction of sp³-hybridized carbons (Fsp3) is 0.429. The molecule has 1 atom stereocenters. The summed E-state index contributed by atoms with van der Waals surface area (Å²) in [7, 11) is 0. The third-order valence-electron chi connectivity index (χ3n) is 4.60. The van der Waals surface area contributed by atoms with Gasteiger partial charge in [-0.25, -0.2) is 0 Å². The summed E-state index contributed by atoms with van der Waals surface area (Å²) in [5.41, 5.74) is 1.01. The molecule has 4 nitrogen and oxygen atoms in total. The molecule has 1 aromatic carbocycles. The number of hydrogen-bond donors (Lipinski definition) is 1. The molecule has 0 bridgehead atoms. The average Bonchev–Trinajstić information content (AvgIpc) is 3.10. The molecule has 1 aromatic heterocycles. The van der Waals surface area contributed by atoms with Crippen molar-refractivity contribution in [3.05, 3.63) is 56.7 Å². The predicted octanol–water partition coefficient (Wildman–Crippen LogP) is 4.87. The lowest BCUT2D eigenvalue weighted by Gasteiger charge is -2.31. The Bertz CT molecular complexity index is 771. The van der Waals surface area contributed by atoms with Crippen LogP contribution in [0.15, 0.2) is 36.4 Å². The van der Waals surface area contributed by atoms with Crippen LogP contribution in [-0.4, -0.2) is 36.2 Å². The van der Waals surface area contributed by atoms with Crippen LogP contribution < -0.4 is 5.32 Å². The van der Waals surface area contributed by atoms with Crippen molar-refractivity contribution in [1.29, 1.82) is 0 Å². The maximum Gasteiger partial charge on any atom is 0.220 e. The molecule has 0 spiro atoms. The number of benzene rings is 1. The molecule has 6 heteroatoms. The highest BCUT2D eigenvalue weighted by atomic mass is 35.5. The molecule has 0 aliphatic rings. The summed E-state index contributed by atoms with van der Waals surface area (Å²) in [6, 6.07) is 11.5. The summed E-state index contributed by atoms with van der Waals surface area (Å²) in [5.74, 6) is -0.0875. The molecule has 2 aromatic rings. The zero-order valence-corrected chi connectivity index (χ0v) is 17.7. The summed E-state index contributed by atoms with van der Waals surface area (Å²) >= 11 is 7.85. The second-order valence-electron chi connectivity index (χ2n) is 6.40. The smallest absolute Gasteiger partial charge is 0.220 e. The standard InChI is InChI=1S/C21H27ClN2O2S/c1-4-24(5-2)18(16-8-6-7-9-17(16)22)14-23-21(26)13-11-19(25)20-12-10-15(3)27-20/h6-10,12,18H,4-5,11,13-14H2,1-3H3,(H,23,26). The van der Waals surface area contributed by atoms with Gasteiger partial charge in [-0.05, 0) is 43.8 Å². The largest absolute Gasteiger partial charge is 0.354 e. The van der Waals surface area contributed by atoms with Crippen molar-refractivity contribution < 1.29 is 9.59 Å². The number of Topliss-reactive ketones (excluding diaryl/α,β-unsaturated/α-hetero) is 1. The topological polar surface area (TPSA) is 49.4 Å². The molecule has 1 heterocycles. The van der Waals surface area contributed by atoms with Crippen LogP contribution in [0.3, 0.4) is 0 Å². The summed E-state index contributed by atoms with van der Waals surface area (Å²) in [6.07, 6.45) is 0.428. The van der Waals surface area contributed by atoms with Crippen LogP contribution in [0.1, 0.15) is 52.8 Å². The minimum Gasteiger partial charge on any atom is -0.354 e. The highest BCUT2D eigenvalue weighted by Crippen LogP contribution is 2.27. The molecule has 2 rings (SSSR count). The molecule has 27 heavy (non-hydrogen) atoms. The van der Waals surface area contributed by atoms with Gasteiger partial charge in [0, 0.05) is 29.3 Å². The molecule has 1 N–H and O–H groups in total. The van der Waals surface area contributed by atoms with Crippen LogP contribution >= 0.6 is 22.9 Å².